The van der Waals surface area contributed by atoms with Crippen LogP contribution in [0.15, 0.2) is 0 Å². The Labute approximate surface area is 104 Å². The van der Waals surface area contributed by atoms with Crippen LogP contribution in [-0.4, -0.2) is 37.5 Å². The second-order valence-electron chi connectivity index (χ2n) is 4.48. The van der Waals surface area contributed by atoms with Crippen molar-refractivity contribution in [1.29, 1.82) is 0 Å². The number of hydrogen-bond donors (Lipinski definition) is 3. The van der Waals surface area contributed by atoms with E-state index in [0.29, 0.717) is 25.4 Å². The Bertz CT molecular complexity index is 242. The Morgan fingerprint density at radius 1 is 1.12 bits per heavy atom. The van der Waals surface area contributed by atoms with Gasteiger partial charge in [-0.2, -0.15) is 0 Å². The highest BCUT2D eigenvalue weighted by atomic mass is 16.2. The monoisotopic (exact) mass is 243 g/mol. The molecule has 3 N–H and O–H groups in total. The summed E-state index contributed by atoms with van der Waals surface area (Å²) in [5.41, 5.74) is 0. The van der Waals surface area contributed by atoms with Gasteiger partial charge in [0, 0.05) is 25.6 Å². The van der Waals surface area contributed by atoms with Gasteiger partial charge in [-0.25, -0.2) is 0 Å². The van der Waals surface area contributed by atoms with E-state index in [2.05, 4.69) is 29.8 Å². The van der Waals surface area contributed by atoms with Crippen LogP contribution in [0, 0.1) is 5.92 Å². The molecule has 1 atom stereocenters. The average Bonchev–Trinajstić information content (AvgIpc) is 2.24. The molecular formula is C12H25N3O2. The molecule has 0 aromatic carbocycles. The molecule has 0 saturated carbocycles. The summed E-state index contributed by atoms with van der Waals surface area (Å²) in [4.78, 5) is 22.6. The van der Waals surface area contributed by atoms with Gasteiger partial charge in [-0.3, -0.25) is 9.59 Å². The summed E-state index contributed by atoms with van der Waals surface area (Å²) >= 11 is 0. The van der Waals surface area contributed by atoms with Gasteiger partial charge in [0.2, 0.25) is 11.8 Å². The van der Waals surface area contributed by atoms with Crippen molar-refractivity contribution in [3.05, 3.63) is 0 Å². The molecule has 0 aromatic heterocycles. The maximum atomic E-state index is 11.5. The quantitative estimate of drug-likeness (QED) is 0.536. The molecule has 0 radical (unpaired) electrons. The standard InChI is InChI=1S/C12H25N3O2/c1-5-14-11(16)6-7-13-8-12(17)15-10(4)9(2)3/h9-10,13H,5-8H2,1-4H3,(H,14,16)(H,15,17). The fourth-order valence-electron chi connectivity index (χ4n) is 1.16. The molecule has 5 nitrogen and oxygen atoms in total. The van der Waals surface area contributed by atoms with Crippen LogP contribution < -0.4 is 16.0 Å². The van der Waals surface area contributed by atoms with Crippen LogP contribution in [0.2, 0.25) is 0 Å². The van der Waals surface area contributed by atoms with Crippen molar-refractivity contribution in [2.75, 3.05) is 19.6 Å². The SMILES string of the molecule is CCNC(=O)CCNCC(=O)NC(C)C(C)C. The Morgan fingerprint density at radius 3 is 2.29 bits per heavy atom. The van der Waals surface area contributed by atoms with Crippen LogP contribution in [0.5, 0.6) is 0 Å². The van der Waals surface area contributed by atoms with Gasteiger partial charge < -0.3 is 16.0 Å². The number of carbonyl (C=O) groups is 2. The van der Waals surface area contributed by atoms with Crippen molar-refractivity contribution < 1.29 is 9.59 Å². The van der Waals surface area contributed by atoms with Crippen LogP contribution in [-0.2, 0) is 9.59 Å². The molecule has 0 fully saturated rings. The number of hydrogen-bond acceptors (Lipinski definition) is 3. The second-order valence-corrected chi connectivity index (χ2v) is 4.48. The molecule has 5 heteroatoms. The lowest BCUT2D eigenvalue weighted by Crippen LogP contribution is -2.41. The summed E-state index contributed by atoms with van der Waals surface area (Å²) in [7, 11) is 0. The van der Waals surface area contributed by atoms with Crippen molar-refractivity contribution in [2.24, 2.45) is 5.92 Å². The lowest BCUT2D eigenvalue weighted by atomic mass is 10.1. The minimum atomic E-state index is -0.0258. The van der Waals surface area contributed by atoms with Crippen molar-refractivity contribution >= 4 is 11.8 Å². The Hall–Kier alpha value is -1.10. The van der Waals surface area contributed by atoms with Gasteiger partial charge in [0.05, 0.1) is 6.54 Å². The highest BCUT2D eigenvalue weighted by molar-refractivity contribution is 5.78. The third-order valence-corrected chi connectivity index (χ3v) is 2.58. The van der Waals surface area contributed by atoms with Gasteiger partial charge >= 0.3 is 0 Å². The molecule has 0 rings (SSSR count). The van der Waals surface area contributed by atoms with E-state index in [1.165, 1.54) is 0 Å². The molecule has 17 heavy (non-hydrogen) atoms. The second kappa shape index (κ2) is 8.98. The maximum Gasteiger partial charge on any atom is 0.234 e. The normalized spacial score (nSPS) is 12.3. The number of nitrogens with one attached hydrogen (secondary N) is 3. The fourth-order valence-corrected chi connectivity index (χ4v) is 1.16. The maximum absolute atomic E-state index is 11.5. The minimum Gasteiger partial charge on any atom is -0.356 e. The van der Waals surface area contributed by atoms with Gasteiger partial charge in [0.15, 0.2) is 0 Å². The van der Waals surface area contributed by atoms with Crippen LogP contribution >= 0.6 is 0 Å². The predicted octanol–water partition coefficient (Wildman–Crippen LogP) is 0.263. The number of amides is 2. The average molecular weight is 243 g/mol. The lowest BCUT2D eigenvalue weighted by molar-refractivity contribution is -0.122. The van der Waals surface area contributed by atoms with Crippen molar-refractivity contribution in [2.45, 2.75) is 40.2 Å². The summed E-state index contributed by atoms with van der Waals surface area (Å²) in [5.74, 6) is 0.410. The Morgan fingerprint density at radius 2 is 1.76 bits per heavy atom. The summed E-state index contributed by atoms with van der Waals surface area (Å²) in [6.07, 6.45) is 0.404. The first-order chi connectivity index (χ1) is 7.97. The molecule has 0 spiro atoms. The molecule has 0 saturated heterocycles. The molecule has 100 valence electrons. The number of rotatable bonds is 8. The zero-order valence-corrected chi connectivity index (χ0v) is 11.3. The van der Waals surface area contributed by atoms with Crippen molar-refractivity contribution in [3.8, 4) is 0 Å². The molecule has 0 aromatic rings. The lowest BCUT2D eigenvalue weighted by Gasteiger charge is -2.17. The fraction of sp³-hybridized carbons (Fsp3) is 0.833. The third kappa shape index (κ3) is 8.68. The highest BCUT2D eigenvalue weighted by Crippen LogP contribution is 1.98. The van der Waals surface area contributed by atoms with Crippen molar-refractivity contribution in [3.63, 3.8) is 0 Å². The van der Waals surface area contributed by atoms with Gasteiger partial charge in [0.25, 0.3) is 0 Å². The Kier molecular flexibility index (Phi) is 8.40. The van der Waals surface area contributed by atoms with E-state index >= 15 is 0 Å². The zero-order chi connectivity index (χ0) is 13.3. The van der Waals surface area contributed by atoms with E-state index in [9.17, 15) is 9.59 Å². The summed E-state index contributed by atoms with van der Waals surface area (Å²) < 4.78 is 0. The molecule has 2 amide bonds. The van der Waals surface area contributed by atoms with Crippen LogP contribution in [0.3, 0.4) is 0 Å². The van der Waals surface area contributed by atoms with Gasteiger partial charge in [-0.15, -0.1) is 0 Å². The molecule has 0 aliphatic heterocycles. The zero-order valence-electron chi connectivity index (χ0n) is 11.3. The first-order valence-corrected chi connectivity index (χ1v) is 6.24. The van der Waals surface area contributed by atoms with Gasteiger partial charge in [-0.05, 0) is 19.8 Å². The van der Waals surface area contributed by atoms with Gasteiger partial charge in [0.1, 0.15) is 0 Å². The topological polar surface area (TPSA) is 70.2 Å². The summed E-state index contributed by atoms with van der Waals surface area (Å²) in [6, 6.07) is 0.174. The molecular weight excluding hydrogens is 218 g/mol. The van der Waals surface area contributed by atoms with Crippen LogP contribution in [0.4, 0.5) is 0 Å². The number of carbonyl (C=O) groups excluding carboxylic acids is 2. The van der Waals surface area contributed by atoms with Crippen LogP contribution in [0.1, 0.15) is 34.1 Å². The van der Waals surface area contributed by atoms with E-state index in [1.807, 2.05) is 13.8 Å². The molecule has 1 unspecified atom stereocenters. The predicted molar refractivity (Wildman–Crippen MR) is 68.6 cm³/mol. The van der Waals surface area contributed by atoms with Crippen molar-refractivity contribution in [1.82, 2.24) is 16.0 Å². The van der Waals surface area contributed by atoms with E-state index in [1.54, 1.807) is 0 Å². The third-order valence-electron chi connectivity index (χ3n) is 2.58. The highest BCUT2D eigenvalue weighted by Gasteiger charge is 2.10. The molecule has 0 aliphatic carbocycles. The van der Waals surface area contributed by atoms with E-state index in [4.69, 9.17) is 0 Å². The summed E-state index contributed by atoms with van der Waals surface area (Å²) in [5, 5.41) is 8.54. The smallest absolute Gasteiger partial charge is 0.234 e. The van der Waals surface area contributed by atoms with Crippen LogP contribution in [0.25, 0.3) is 0 Å². The largest absolute Gasteiger partial charge is 0.356 e. The molecule has 0 bridgehead atoms. The summed E-state index contributed by atoms with van der Waals surface area (Å²) in [6.45, 7) is 9.42. The first kappa shape index (κ1) is 15.9. The first-order valence-electron chi connectivity index (χ1n) is 6.24. The molecule has 0 aliphatic rings. The Balaban J connectivity index is 3.55. The van der Waals surface area contributed by atoms with E-state index < -0.39 is 0 Å². The van der Waals surface area contributed by atoms with E-state index in [0.717, 1.165) is 0 Å². The van der Waals surface area contributed by atoms with Gasteiger partial charge in [-0.1, -0.05) is 13.8 Å². The molecule has 0 heterocycles. The minimum absolute atomic E-state index is 0.0101. The van der Waals surface area contributed by atoms with E-state index in [-0.39, 0.29) is 24.4 Å².